The van der Waals surface area contributed by atoms with Crippen LogP contribution in [0.5, 0.6) is 0 Å². The predicted octanol–water partition coefficient (Wildman–Crippen LogP) is 6.60. The lowest BCUT2D eigenvalue weighted by molar-refractivity contribution is 0.249. The smallest absolute Gasteiger partial charge is 0.0320 e. The molecule has 29 heavy (non-hydrogen) atoms. The molecule has 2 nitrogen and oxygen atoms in total. The number of rotatable bonds is 4. The lowest BCUT2D eigenvalue weighted by atomic mass is 9.82. The molecule has 0 N–H and O–H groups in total. The standard InChI is InChI=1S/C27H30N2/c1-20(29-18-26-4-2-3-5-27(26)19-29)21-6-8-22(9-7-21)23-10-12-24(13-11-23)25-14-16-28-17-15-25/h6-17,20,26-27H,2-5,18-19H2,1H3. The zero-order chi connectivity index (χ0) is 19.6. The Labute approximate surface area is 174 Å². The molecule has 2 fully saturated rings. The maximum absolute atomic E-state index is 4.10. The summed E-state index contributed by atoms with van der Waals surface area (Å²) in [5, 5.41) is 0. The molecule has 3 aromatic rings. The van der Waals surface area contributed by atoms with Gasteiger partial charge in [0, 0.05) is 31.5 Å². The zero-order valence-corrected chi connectivity index (χ0v) is 17.3. The van der Waals surface area contributed by atoms with Gasteiger partial charge in [0.2, 0.25) is 0 Å². The number of aromatic nitrogens is 1. The maximum Gasteiger partial charge on any atom is 0.0320 e. The molecule has 148 valence electrons. The van der Waals surface area contributed by atoms with Crippen LogP contribution in [0.4, 0.5) is 0 Å². The van der Waals surface area contributed by atoms with Crippen molar-refractivity contribution >= 4 is 0 Å². The molecule has 3 unspecified atom stereocenters. The molecule has 2 heteroatoms. The van der Waals surface area contributed by atoms with Crippen LogP contribution in [0.25, 0.3) is 22.3 Å². The van der Waals surface area contributed by atoms with Crippen molar-refractivity contribution in [3.8, 4) is 22.3 Å². The van der Waals surface area contributed by atoms with Crippen LogP contribution in [0.2, 0.25) is 0 Å². The van der Waals surface area contributed by atoms with Crippen molar-refractivity contribution in [2.75, 3.05) is 13.1 Å². The first-order valence-electron chi connectivity index (χ1n) is 11.1. The number of hydrogen-bond acceptors (Lipinski definition) is 2. The molecule has 5 rings (SSSR count). The molecule has 0 spiro atoms. The van der Waals surface area contributed by atoms with Crippen molar-refractivity contribution in [3.63, 3.8) is 0 Å². The fourth-order valence-electron chi connectivity index (χ4n) is 5.32. The van der Waals surface area contributed by atoms with E-state index in [4.69, 9.17) is 0 Å². The first kappa shape index (κ1) is 18.6. The highest BCUT2D eigenvalue weighted by molar-refractivity contribution is 5.70. The van der Waals surface area contributed by atoms with E-state index in [1.807, 2.05) is 12.4 Å². The molecular weight excluding hydrogens is 352 g/mol. The van der Waals surface area contributed by atoms with Crippen molar-refractivity contribution in [1.82, 2.24) is 9.88 Å². The molecule has 0 bridgehead atoms. The fourth-order valence-corrected chi connectivity index (χ4v) is 5.32. The molecule has 2 aromatic carbocycles. The quantitative estimate of drug-likeness (QED) is 0.505. The number of nitrogens with zero attached hydrogens (tertiary/aromatic N) is 2. The molecule has 0 amide bonds. The summed E-state index contributed by atoms with van der Waals surface area (Å²) in [6.45, 7) is 4.98. The molecule has 2 aliphatic rings. The second kappa shape index (κ2) is 8.12. The van der Waals surface area contributed by atoms with Crippen LogP contribution in [0.15, 0.2) is 73.1 Å². The molecular formula is C27H30N2. The summed E-state index contributed by atoms with van der Waals surface area (Å²) in [5.74, 6) is 1.90. The van der Waals surface area contributed by atoms with E-state index in [-0.39, 0.29) is 0 Å². The zero-order valence-electron chi connectivity index (χ0n) is 17.3. The topological polar surface area (TPSA) is 16.1 Å². The van der Waals surface area contributed by atoms with Crippen LogP contribution in [0.3, 0.4) is 0 Å². The highest BCUT2D eigenvalue weighted by Gasteiger charge is 2.36. The average molecular weight is 383 g/mol. The van der Waals surface area contributed by atoms with E-state index >= 15 is 0 Å². The van der Waals surface area contributed by atoms with E-state index in [1.54, 1.807) is 0 Å². The Morgan fingerprint density at radius 1 is 0.690 bits per heavy atom. The number of benzene rings is 2. The van der Waals surface area contributed by atoms with Crippen LogP contribution in [0, 0.1) is 11.8 Å². The summed E-state index contributed by atoms with van der Waals surface area (Å²) in [5.41, 5.74) is 6.45. The van der Waals surface area contributed by atoms with Crippen molar-refractivity contribution < 1.29 is 0 Å². The number of likely N-dealkylation sites (tertiary alicyclic amines) is 1. The minimum atomic E-state index is 0.517. The van der Waals surface area contributed by atoms with Crippen LogP contribution in [0.1, 0.15) is 44.2 Å². The predicted molar refractivity (Wildman–Crippen MR) is 121 cm³/mol. The molecule has 3 atom stereocenters. The Kier molecular flexibility index (Phi) is 5.20. The van der Waals surface area contributed by atoms with Gasteiger partial charge in [0.25, 0.3) is 0 Å². The molecule has 0 radical (unpaired) electrons. The highest BCUT2D eigenvalue weighted by atomic mass is 15.2. The first-order chi connectivity index (χ1) is 14.3. The monoisotopic (exact) mass is 382 g/mol. The van der Waals surface area contributed by atoms with Crippen LogP contribution >= 0.6 is 0 Å². The summed E-state index contributed by atoms with van der Waals surface area (Å²) in [6.07, 6.45) is 9.47. The van der Waals surface area contributed by atoms with E-state index in [0.717, 1.165) is 11.8 Å². The van der Waals surface area contributed by atoms with Gasteiger partial charge in [0.1, 0.15) is 0 Å². The first-order valence-corrected chi connectivity index (χ1v) is 11.1. The van der Waals surface area contributed by atoms with Crippen LogP contribution in [-0.2, 0) is 0 Å². The lowest BCUT2D eigenvalue weighted by Crippen LogP contribution is -2.24. The third-order valence-electron chi connectivity index (χ3n) is 7.18. The summed E-state index contributed by atoms with van der Waals surface area (Å²) in [4.78, 5) is 6.83. The normalized spacial score (nSPS) is 22.9. The summed E-state index contributed by atoms with van der Waals surface area (Å²) >= 11 is 0. The average Bonchev–Trinajstić information content (AvgIpc) is 3.24. The molecule has 1 aliphatic carbocycles. The van der Waals surface area contributed by atoms with Gasteiger partial charge in [-0.15, -0.1) is 0 Å². The van der Waals surface area contributed by atoms with Gasteiger partial charge < -0.3 is 0 Å². The van der Waals surface area contributed by atoms with Gasteiger partial charge in [-0.25, -0.2) is 0 Å². The van der Waals surface area contributed by atoms with Gasteiger partial charge in [-0.05, 0) is 71.6 Å². The minimum absolute atomic E-state index is 0.517. The van der Waals surface area contributed by atoms with E-state index < -0.39 is 0 Å². The Bertz CT molecular complexity index is 917. The van der Waals surface area contributed by atoms with Crippen LogP contribution in [-0.4, -0.2) is 23.0 Å². The maximum atomic E-state index is 4.10. The number of pyridine rings is 1. The largest absolute Gasteiger partial charge is 0.296 e. The van der Waals surface area contributed by atoms with E-state index in [1.165, 1.54) is 66.6 Å². The Morgan fingerprint density at radius 3 is 1.66 bits per heavy atom. The number of fused-ring (bicyclic) bond motifs is 1. The van der Waals surface area contributed by atoms with Gasteiger partial charge >= 0.3 is 0 Å². The van der Waals surface area contributed by atoms with E-state index in [2.05, 4.69) is 77.5 Å². The van der Waals surface area contributed by atoms with E-state index in [9.17, 15) is 0 Å². The van der Waals surface area contributed by atoms with Gasteiger partial charge in [-0.3, -0.25) is 9.88 Å². The van der Waals surface area contributed by atoms with E-state index in [0.29, 0.717) is 6.04 Å². The highest BCUT2D eigenvalue weighted by Crippen LogP contribution is 2.39. The molecule has 1 aliphatic heterocycles. The van der Waals surface area contributed by atoms with Crippen molar-refractivity contribution in [2.24, 2.45) is 11.8 Å². The molecule has 1 saturated heterocycles. The van der Waals surface area contributed by atoms with Gasteiger partial charge in [-0.2, -0.15) is 0 Å². The van der Waals surface area contributed by atoms with Crippen molar-refractivity contribution in [2.45, 2.75) is 38.6 Å². The summed E-state index contributed by atoms with van der Waals surface area (Å²) < 4.78 is 0. The second-order valence-electron chi connectivity index (χ2n) is 8.87. The third kappa shape index (κ3) is 3.86. The Balaban J connectivity index is 1.29. The van der Waals surface area contributed by atoms with Crippen molar-refractivity contribution in [3.05, 3.63) is 78.6 Å². The second-order valence-corrected chi connectivity index (χ2v) is 8.87. The van der Waals surface area contributed by atoms with Gasteiger partial charge in [-0.1, -0.05) is 61.4 Å². The van der Waals surface area contributed by atoms with Crippen LogP contribution < -0.4 is 0 Å². The summed E-state index contributed by atoms with van der Waals surface area (Å²) in [6, 6.07) is 22.7. The molecule has 1 aromatic heterocycles. The minimum Gasteiger partial charge on any atom is -0.296 e. The number of hydrogen-bond donors (Lipinski definition) is 0. The lowest BCUT2D eigenvalue weighted by Gasteiger charge is -2.25. The van der Waals surface area contributed by atoms with Gasteiger partial charge in [0.15, 0.2) is 0 Å². The molecule has 2 heterocycles. The Morgan fingerprint density at radius 2 is 1.14 bits per heavy atom. The summed E-state index contributed by atoms with van der Waals surface area (Å²) in [7, 11) is 0. The van der Waals surface area contributed by atoms with Gasteiger partial charge in [0.05, 0.1) is 0 Å². The van der Waals surface area contributed by atoms with Crippen molar-refractivity contribution in [1.29, 1.82) is 0 Å². The molecule has 1 saturated carbocycles. The third-order valence-corrected chi connectivity index (χ3v) is 7.18. The Hall–Kier alpha value is -2.45. The SMILES string of the molecule is CC(c1ccc(-c2ccc(-c3ccncc3)cc2)cc1)N1CC2CCCCC2C1. The fraction of sp³-hybridized carbons (Fsp3) is 0.370.